The molecule has 0 atom stereocenters. The summed E-state index contributed by atoms with van der Waals surface area (Å²) >= 11 is 19.7. The number of nitrogens with two attached hydrogens (primary N) is 1. The third kappa shape index (κ3) is 22.8. The molecule has 0 unspecified atom stereocenters. The zero-order valence-electron chi connectivity index (χ0n) is 62.1. The van der Waals surface area contributed by atoms with Crippen LogP contribution in [0.25, 0.3) is 75.8 Å². The van der Waals surface area contributed by atoms with E-state index in [2.05, 4.69) is 113 Å². The molecule has 120 heavy (non-hydrogen) atoms. The van der Waals surface area contributed by atoms with E-state index in [0.717, 1.165) is 106 Å². The minimum Gasteiger partial charge on any atom is -0.497 e. The van der Waals surface area contributed by atoms with E-state index in [9.17, 15) is 23.3 Å². The number of nitrogen functional groups attached to an aromatic ring is 1. The Labute approximate surface area is 711 Å². The first kappa shape index (κ1) is 82.0. The molecule has 18 rings (SSSR count). The number of methoxy groups -OCH3 is 1. The van der Waals surface area contributed by atoms with Gasteiger partial charge in [0.15, 0.2) is 17.5 Å². The number of hydrogen-bond donors (Lipinski definition) is 6. The van der Waals surface area contributed by atoms with Gasteiger partial charge in [-0.1, -0.05) is 89.9 Å². The summed E-state index contributed by atoms with van der Waals surface area (Å²) in [7, 11) is 1.67. The van der Waals surface area contributed by atoms with Crippen molar-refractivity contribution in [3.8, 4) is 93.0 Å². The molecule has 0 aliphatic rings. The molecule has 36 heteroatoms. The molecule has 0 aliphatic carbocycles. The second kappa shape index (κ2) is 40.4. The third-order valence-corrected chi connectivity index (χ3v) is 20.8. The Hall–Kier alpha value is -14.5. The van der Waals surface area contributed by atoms with Crippen LogP contribution in [0.2, 0.25) is 10.0 Å². The number of non-ortho nitro benzene ring substituents is 1. The number of rotatable bonds is 21. The number of thiazole rings is 5. The predicted octanol–water partition coefficient (Wildman–Crippen LogP) is 23.1. The summed E-state index contributed by atoms with van der Waals surface area (Å²) in [6.45, 7) is 0. The molecule has 0 amide bonds. The van der Waals surface area contributed by atoms with Gasteiger partial charge in [0.1, 0.15) is 70.8 Å². The van der Waals surface area contributed by atoms with E-state index in [-0.39, 0.29) is 17.3 Å². The number of ether oxygens (including phenoxy) is 2. The summed E-state index contributed by atoms with van der Waals surface area (Å²) in [4.78, 5) is 74.6. The molecule has 7 N–H and O–H groups in total. The molecule has 0 spiro atoms. The summed E-state index contributed by atoms with van der Waals surface area (Å²) in [5, 5.41) is 40.8. The van der Waals surface area contributed by atoms with Gasteiger partial charge >= 0.3 is 0 Å². The Balaban J connectivity index is 0.000000123. The molecule has 26 nitrogen and oxygen atoms in total. The van der Waals surface area contributed by atoms with Crippen LogP contribution in [0.5, 0.6) is 17.2 Å². The number of halogens is 5. The van der Waals surface area contributed by atoms with Crippen molar-refractivity contribution in [3.05, 3.63) is 333 Å². The summed E-state index contributed by atoms with van der Waals surface area (Å²) in [6, 6.07) is 61.1. The minimum absolute atomic E-state index is 0.0164. The van der Waals surface area contributed by atoms with Gasteiger partial charge in [0.25, 0.3) is 5.69 Å². The van der Waals surface area contributed by atoms with Crippen molar-refractivity contribution in [1.82, 2.24) is 74.8 Å². The average Bonchev–Trinajstić information content (AvgIpc) is 1.26. The van der Waals surface area contributed by atoms with Crippen LogP contribution < -0.4 is 41.8 Å². The zero-order valence-corrected chi connectivity index (χ0v) is 67.7. The molecule has 0 aliphatic heterocycles. The van der Waals surface area contributed by atoms with Crippen molar-refractivity contribution in [1.29, 1.82) is 0 Å². The number of benzene rings is 8. The number of nitro benzene ring substituents is 1. The lowest BCUT2D eigenvalue weighted by atomic mass is 10.0. The van der Waals surface area contributed by atoms with Crippen molar-refractivity contribution in [2.24, 2.45) is 0 Å². The van der Waals surface area contributed by atoms with Crippen molar-refractivity contribution in [2.45, 2.75) is 0 Å². The van der Waals surface area contributed by atoms with Crippen LogP contribution in [-0.2, 0) is 0 Å². The third-order valence-electron chi connectivity index (χ3n) is 16.2. The van der Waals surface area contributed by atoms with Crippen LogP contribution in [-0.4, -0.2) is 86.8 Å². The lowest BCUT2D eigenvalue weighted by Gasteiger charge is -2.09. The van der Waals surface area contributed by atoms with E-state index in [1.54, 1.807) is 158 Å². The van der Waals surface area contributed by atoms with Crippen LogP contribution in [0, 0.1) is 27.6 Å². The lowest BCUT2D eigenvalue weighted by Crippen LogP contribution is -2.00. The molecular weight excluding hydrogens is 1670 g/mol. The van der Waals surface area contributed by atoms with Crippen LogP contribution >= 0.6 is 79.9 Å². The Morgan fingerprint density at radius 3 is 1.10 bits per heavy atom. The maximum Gasteiger partial charge on any atom is 0.273 e. The summed E-state index contributed by atoms with van der Waals surface area (Å²) in [5.74, 6) is -0.256. The molecule has 0 saturated carbocycles. The molecule has 10 heterocycles. The van der Waals surface area contributed by atoms with Gasteiger partial charge in [-0.2, -0.15) is 0 Å². The number of aromatic nitrogens is 15. The van der Waals surface area contributed by atoms with Crippen molar-refractivity contribution in [3.63, 3.8) is 0 Å². The van der Waals surface area contributed by atoms with Gasteiger partial charge in [-0.3, -0.25) is 10.1 Å². The smallest absolute Gasteiger partial charge is 0.273 e. The highest BCUT2D eigenvalue weighted by molar-refractivity contribution is 7.14. The first-order chi connectivity index (χ1) is 58.6. The SMILES string of the molecule is COc1ccc(-c2cccc(Nc3nccc(-c4nccs4)n3)c2)cc1.Clc1cccc(Cl)c1Nc1nccc(-c2nccs2)n1.Fc1cc(Nc2nccc(-c3nccs3)n2)cc(F)c1F.Nc1cccc(-c2cccc(Nc3nccc(-c4nccs4)n3)c2)c1.O=[N+]([O-])c1cccc(Oc2cccc(Nc3nccc(-c4nccs4)n3)c2)c1. The second-order valence-electron chi connectivity index (χ2n) is 24.4. The number of para-hydroxylation sites is 1. The van der Waals surface area contributed by atoms with Gasteiger partial charge < -0.3 is 41.8 Å². The number of nitrogens with zero attached hydrogens (tertiary/aromatic N) is 16. The van der Waals surface area contributed by atoms with Gasteiger partial charge in [0, 0.05) is 142 Å². The van der Waals surface area contributed by atoms with Crippen LogP contribution in [0.3, 0.4) is 0 Å². The van der Waals surface area contributed by atoms with Crippen molar-refractivity contribution in [2.75, 3.05) is 39.4 Å². The highest BCUT2D eigenvalue weighted by Gasteiger charge is 2.16. The Morgan fingerprint density at radius 2 is 0.708 bits per heavy atom. The van der Waals surface area contributed by atoms with E-state index in [4.69, 9.17) is 38.4 Å². The minimum atomic E-state index is -1.52. The second-order valence-corrected chi connectivity index (χ2v) is 29.7. The van der Waals surface area contributed by atoms with Crippen molar-refractivity contribution >= 4 is 149 Å². The standard InChI is InChI=1S/C20H16N4OS.C19H13N5O3S.C19H15N5S.C13H8Cl2N4S.C13H7F3N4S/c1-25-17-7-5-14(6-8-17)15-3-2-4-16(13-15)23-20-22-10-9-18(24-20)19-21-11-12-26-19;25-24(26)14-4-2-6-16(12-14)27-15-5-1-3-13(11-15)22-19-21-8-7-17(23-19)18-20-9-10-28-18;20-15-5-1-3-13(11-15)14-4-2-6-16(12-14)23-19-22-8-7-17(24-19)18-21-9-10-25-18;14-8-2-1-3-9(15)11(8)19-13-17-5-4-10(18-13)12-16-6-7-20-12;14-8-5-7(6-9(15)11(8)16)19-13-18-2-1-10(20-13)12-17-3-4-21-12/h2-13H,1H3,(H,22,23,24);1-12H,(H,21,22,23);1-12H,20H2,(H,22,23,24);1-7H,(H,17,18,19);1-6H,(H,18,19,20). The van der Waals surface area contributed by atoms with Crippen molar-refractivity contribution < 1.29 is 27.6 Å². The van der Waals surface area contributed by atoms with E-state index in [1.165, 1.54) is 52.3 Å². The quantitative estimate of drug-likeness (QED) is 0.0168. The fourth-order valence-corrected chi connectivity index (χ4v) is 14.3. The zero-order chi connectivity index (χ0) is 82.9. The normalized spacial score (nSPS) is 10.5. The molecule has 10 aromatic heterocycles. The van der Waals surface area contributed by atoms with E-state index in [1.807, 2.05) is 125 Å². The Kier molecular flexibility index (Phi) is 27.6. The average molecular weight is 1730 g/mol. The maximum atomic E-state index is 13.1. The van der Waals surface area contributed by atoms with Gasteiger partial charge in [-0.05, 0) is 131 Å². The topological polar surface area (TPSA) is 341 Å². The van der Waals surface area contributed by atoms with Crippen LogP contribution in [0.4, 0.5) is 82.7 Å². The van der Waals surface area contributed by atoms with Gasteiger partial charge in [0.2, 0.25) is 29.7 Å². The highest BCUT2D eigenvalue weighted by atomic mass is 35.5. The van der Waals surface area contributed by atoms with Gasteiger partial charge in [-0.25, -0.2) is 87.9 Å². The predicted molar refractivity (Wildman–Crippen MR) is 469 cm³/mol. The Bertz CT molecular complexity index is 6380. The fraction of sp³-hybridized carbons (Fsp3) is 0.0119. The van der Waals surface area contributed by atoms with Crippen LogP contribution in [0.15, 0.2) is 295 Å². The monoisotopic (exact) mass is 1730 g/mol. The largest absolute Gasteiger partial charge is 0.497 e. The molecule has 0 bridgehead atoms. The fourth-order valence-electron chi connectivity index (χ4n) is 10.8. The Morgan fingerprint density at radius 1 is 0.358 bits per heavy atom. The summed E-state index contributed by atoms with van der Waals surface area (Å²) < 4.78 is 50.1. The van der Waals surface area contributed by atoms with Gasteiger partial charge in [-0.15, -0.1) is 56.7 Å². The molecule has 0 radical (unpaired) electrons. The number of anilines is 11. The van der Waals surface area contributed by atoms with E-state index in [0.29, 0.717) is 61.7 Å². The van der Waals surface area contributed by atoms with E-state index >= 15 is 0 Å². The summed E-state index contributed by atoms with van der Waals surface area (Å²) in [6.07, 6.45) is 16.9. The highest BCUT2D eigenvalue weighted by Crippen LogP contribution is 2.35. The summed E-state index contributed by atoms with van der Waals surface area (Å²) in [5.41, 5.74) is 17.8. The molecule has 0 saturated heterocycles. The molecule has 0 fully saturated rings. The van der Waals surface area contributed by atoms with Gasteiger partial charge in [0.05, 0.1) is 33.8 Å². The first-order valence-corrected chi connectivity index (χ1v) is 40.6. The molecule has 8 aromatic carbocycles. The molecule has 18 aromatic rings. The number of hydrogen-bond acceptors (Lipinski definition) is 30. The maximum absolute atomic E-state index is 13.1. The molecular formula is C84H59Cl2F3N22O4S5. The van der Waals surface area contributed by atoms with Crippen LogP contribution in [0.1, 0.15) is 0 Å². The molecule has 594 valence electrons. The van der Waals surface area contributed by atoms with E-state index < -0.39 is 22.4 Å². The first-order valence-electron chi connectivity index (χ1n) is 35.4. The number of nitro groups is 1. The lowest BCUT2D eigenvalue weighted by molar-refractivity contribution is -0.384. The number of nitrogens with one attached hydrogen (secondary N) is 5.